The molecule has 0 spiro atoms. The number of rotatable bonds is 5. The third-order valence-corrected chi connectivity index (χ3v) is 6.45. The first-order chi connectivity index (χ1) is 13.0. The third kappa shape index (κ3) is 4.89. The fraction of sp³-hybridized carbons (Fsp3) is 0.636. The Morgan fingerprint density at radius 1 is 1.15 bits per heavy atom. The van der Waals surface area contributed by atoms with Crippen LogP contribution in [0, 0.1) is 12.3 Å². The van der Waals surface area contributed by atoms with Crippen LogP contribution >= 0.6 is 0 Å². The molecule has 148 valence electrons. The van der Waals surface area contributed by atoms with Crippen LogP contribution in [0.25, 0.3) is 0 Å². The highest BCUT2D eigenvalue weighted by Crippen LogP contribution is 2.39. The molecule has 1 aliphatic heterocycles. The van der Waals surface area contributed by atoms with Crippen LogP contribution in [0.2, 0.25) is 0 Å². The van der Waals surface area contributed by atoms with Crippen LogP contribution in [-0.4, -0.2) is 42.4 Å². The first-order valence-corrected chi connectivity index (χ1v) is 10.4. The smallest absolute Gasteiger partial charge is 0.251 e. The minimum atomic E-state index is -0.0119. The lowest BCUT2D eigenvalue weighted by molar-refractivity contribution is -0.135. The van der Waals surface area contributed by atoms with Crippen molar-refractivity contribution in [3.05, 3.63) is 35.4 Å². The summed E-state index contributed by atoms with van der Waals surface area (Å²) in [6, 6.07) is 7.78. The van der Waals surface area contributed by atoms with Crippen LogP contribution in [0.5, 0.6) is 0 Å². The molecule has 0 bridgehead atoms. The molecule has 1 aliphatic carbocycles. The summed E-state index contributed by atoms with van der Waals surface area (Å²) >= 11 is 0. The molecule has 5 nitrogen and oxygen atoms in total. The van der Waals surface area contributed by atoms with Crippen LogP contribution in [0.1, 0.15) is 67.3 Å². The number of nitrogens with two attached hydrogens (primary N) is 1. The minimum absolute atomic E-state index is 0.0119. The molecule has 5 heteroatoms. The van der Waals surface area contributed by atoms with Crippen molar-refractivity contribution < 1.29 is 9.59 Å². The van der Waals surface area contributed by atoms with Crippen LogP contribution < -0.4 is 11.1 Å². The van der Waals surface area contributed by atoms with E-state index in [0.29, 0.717) is 13.0 Å². The summed E-state index contributed by atoms with van der Waals surface area (Å²) in [6.45, 7) is 4.01. The Morgan fingerprint density at radius 2 is 1.81 bits per heavy atom. The molecule has 1 heterocycles. The van der Waals surface area contributed by atoms with Gasteiger partial charge in [0.05, 0.1) is 0 Å². The SMILES string of the molecule is Cc1ccccc1C(=O)NC1CCN(C(=O)CC2(CN)CCCCC2)CC1. The van der Waals surface area contributed by atoms with Crippen molar-refractivity contribution in [3.63, 3.8) is 0 Å². The standard InChI is InChI=1S/C22H33N3O2/c1-17-7-3-4-8-19(17)21(27)24-18-9-13-25(14-10-18)20(26)15-22(16-23)11-5-2-6-12-22/h3-4,7-8,18H,2,5-6,9-16,23H2,1H3,(H,24,27). The number of nitrogens with zero attached hydrogens (tertiary/aromatic N) is 1. The molecular formula is C22H33N3O2. The van der Waals surface area contributed by atoms with Gasteiger partial charge in [-0.2, -0.15) is 0 Å². The fourth-order valence-corrected chi connectivity index (χ4v) is 4.55. The normalized spacial score (nSPS) is 20.3. The molecule has 1 aromatic rings. The van der Waals surface area contributed by atoms with Crippen LogP contribution in [0.4, 0.5) is 0 Å². The predicted molar refractivity (Wildman–Crippen MR) is 107 cm³/mol. The van der Waals surface area contributed by atoms with E-state index in [9.17, 15) is 9.59 Å². The number of hydrogen-bond acceptors (Lipinski definition) is 3. The van der Waals surface area contributed by atoms with Gasteiger partial charge >= 0.3 is 0 Å². The maximum Gasteiger partial charge on any atom is 0.251 e. The Morgan fingerprint density at radius 3 is 2.44 bits per heavy atom. The van der Waals surface area contributed by atoms with Crippen molar-refractivity contribution in [2.24, 2.45) is 11.1 Å². The molecule has 3 N–H and O–H groups in total. The average Bonchev–Trinajstić information content (AvgIpc) is 2.69. The Bertz CT molecular complexity index is 659. The Labute approximate surface area is 162 Å². The van der Waals surface area contributed by atoms with E-state index in [4.69, 9.17) is 5.73 Å². The van der Waals surface area contributed by atoms with Gasteiger partial charge in [0, 0.05) is 31.1 Å². The van der Waals surface area contributed by atoms with E-state index < -0.39 is 0 Å². The van der Waals surface area contributed by atoms with Crippen molar-refractivity contribution in [2.75, 3.05) is 19.6 Å². The summed E-state index contributed by atoms with van der Waals surface area (Å²) in [4.78, 5) is 27.3. The Kier molecular flexibility index (Phi) is 6.53. The summed E-state index contributed by atoms with van der Waals surface area (Å²) in [5.41, 5.74) is 7.78. The Hall–Kier alpha value is -1.88. The predicted octanol–water partition coefficient (Wildman–Crippen LogP) is 3.02. The highest BCUT2D eigenvalue weighted by molar-refractivity contribution is 5.95. The van der Waals surface area contributed by atoms with Crippen molar-refractivity contribution in [1.29, 1.82) is 0 Å². The number of piperidine rings is 1. The van der Waals surface area contributed by atoms with Crippen molar-refractivity contribution in [2.45, 2.75) is 64.3 Å². The number of likely N-dealkylation sites (tertiary alicyclic amines) is 1. The van der Waals surface area contributed by atoms with E-state index in [-0.39, 0.29) is 23.3 Å². The third-order valence-electron chi connectivity index (χ3n) is 6.45. The van der Waals surface area contributed by atoms with Gasteiger partial charge in [0.2, 0.25) is 5.91 Å². The van der Waals surface area contributed by atoms with Gasteiger partial charge in [0.1, 0.15) is 0 Å². The summed E-state index contributed by atoms with van der Waals surface area (Å²) in [5, 5.41) is 3.14. The maximum absolute atomic E-state index is 12.8. The molecule has 2 amide bonds. The monoisotopic (exact) mass is 371 g/mol. The molecule has 1 saturated carbocycles. The van der Waals surface area contributed by atoms with Gasteiger partial charge in [0.25, 0.3) is 5.91 Å². The highest BCUT2D eigenvalue weighted by Gasteiger charge is 2.35. The quantitative estimate of drug-likeness (QED) is 0.835. The zero-order valence-electron chi connectivity index (χ0n) is 16.5. The lowest BCUT2D eigenvalue weighted by Gasteiger charge is -2.39. The van der Waals surface area contributed by atoms with Gasteiger partial charge in [0.15, 0.2) is 0 Å². The number of aryl methyl sites for hydroxylation is 1. The van der Waals surface area contributed by atoms with E-state index in [1.807, 2.05) is 36.1 Å². The topological polar surface area (TPSA) is 75.4 Å². The van der Waals surface area contributed by atoms with Gasteiger partial charge in [-0.1, -0.05) is 37.5 Å². The Balaban J connectivity index is 1.49. The average molecular weight is 372 g/mol. The molecule has 27 heavy (non-hydrogen) atoms. The van der Waals surface area contributed by atoms with E-state index in [1.165, 1.54) is 19.3 Å². The van der Waals surface area contributed by atoms with Crippen molar-refractivity contribution in [3.8, 4) is 0 Å². The number of nitrogens with one attached hydrogen (secondary N) is 1. The number of amides is 2. The molecule has 2 fully saturated rings. The second kappa shape index (κ2) is 8.87. The summed E-state index contributed by atoms with van der Waals surface area (Å²) < 4.78 is 0. The lowest BCUT2D eigenvalue weighted by Crippen LogP contribution is -2.48. The van der Waals surface area contributed by atoms with E-state index in [2.05, 4.69) is 5.32 Å². The van der Waals surface area contributed by atoms with Crippen LogP contribution in [0.15, 0.2) is 24.3 Å². The van der Waals surface area contributed by atoms with Crippen molar-refractivity contribution >= 4 is 11.8 Å². The van der Waals surface area contributed by atoms with Gasteiger partial charge < -0.3 is 16.0 Å². The van der Waals surface area contributed by atoms with E-state index in [1.54, 1.807) is 0 Å². The minimum Gasteiger partial charge on any atom is -0.349 e. The lowest BCUT2D eigenvalue weighted by atomic mass is 9.71. The summed E-state index contributed by atoms with van der Waals surface area (Å²) in [7, 11) is 0. The van der Waals surface area contributed by atoms with Crippen LogP contribution in [-0.2, 0) is 4.79 Å². The first kappa shape index (κ1) is 19.9. The highest BCUT2D eigenvalue weighted by atomic mass is 16.2. The van der Waals surface area contributed by atoms with E-state index in [0.717, 1.165) is 49.9 Å². The molecule has 0 aromatic heterocycles. The van der Waals surface area contributed by atoms with E-state index >= 15 is 0 Å². The summed E-state index contributed by atoms with van der Waals surface area (Å²) in [5.74, 6) is 0.230. The number of hydrogen-bond donors (Lipinski definition) is 2. The largest absolute Gasteiger partial charge is 0.349 e. The number of carbonyl (C=O) groups is 2. The molecule has 3 rings (SSSR count). The molecule has 0 atom stereocenters. The zero-order valence-corrected chi connectivity index (χ0v) is 16.5. The molecule has 1 saturated heterocycles. The number of carbonyl (C=O) groups excluding carboxylic acids is 2. The maximum atomic E-state index is 12.8. The van der Waals surface area contributed by atoms with Crippen LogP contribution in [0.3, 0.4) is 0 Å². The first-order valence-electron chi connectivity index (χ1n) is 10.4. The molecule has 2 aliphatic rings. The van der Waals surface area contributed by atoms with Crippen molar-refractivity contribution in [1.82, 2.24) is 10.2 Å². The van der Waals surface area contributed by atoms with Gasteiger partial charge in [-0.3, -0.25) is 9.59 Å². The molecule has 0 radical (unpaired) electrons. The fourth-order valence-electron chi connectivity index (χ4n) is 4.55. The second-order valence-electron chi connectivity index (χ2n) is 8.39. The molecule has 0 unspecified atom stereocenters. The zero-order chi connectivity index (χ0) is 19.3. The van der Waals surface area contributed by atoms with Gasteiger partial charge in [-0.25, -0.2) is 0 Å². The van der Waals surface area contributed by atoms with Gasteiger partial charge in [-0.15, -0.1) is 0 Å². The summed E-state index contributed by atoms with van der Waals surface area (Å²) in [6.07, 6.45) is 8.04. The second-order valence-corrected chi connectivity index (χ2v) is 8.39. The molecular weight excluding hydrogens is 338 g/mol. The van der Waals surface area contributed by atoms with Gasteiger partial charge in [-0.05, 0) is 56.2 Å². The molecule has 1 aromatic carbocycles. The number of benzene rings is 1.